The first-order valence-corrected chi connectivity index (χ1v) is 10.0. The summed E-state index contributed by atoms with van der Waals surface area (Å²) >= 11 is 1.40. The molecule has 1 fully saturated rings. The minimum absolute atomic E-state index is 0.0801. The van der Waals surface area contributed by atoms with Crippen LogP contribution in [0.5, 0.6) is 0 Å². The maximum atomic E-state index is 13.2. The predicted molar refractivity (Wildman–Crippen MR) is 104 cm³/mol. The van der Waals surface area contributed by atoms with Crippen LogP contribution in [0.3, 0.4) is 0 Å². The van der Waals surface area contributed by atoms with Gasteiger partial charge < -0.3 is 10.1 Å². The van der Waals surface area contributed by atoms with E-state index in [9.17, 15) is 9.18 Å². The minimum Gasteiger partial charge on any atom is -0.381 e. The number of nitrogens with one attached hydrogen (secondary N) is 1. The van der Waals surface area contributed by atoms with Crippen molar-refractivity contribution in [3.05, 3.63) is 46.7 Å². The molecule has 0 saturated heterocycles. The average molecular weight is 387 g/mol. The highest BCUT2D eigenvalue weighted by atomic mass is 32.1. The number of benzene rings is 1. The summed E-state index contributed by atoms with van der Waals surface area (Å²) in [4.78, 5) is 14.0. The number of hydrogen-bond acceptors (Lipinski definition) is 4. The summed E-state index contributed by atoms with van der Waals surface area (Å²) in [5.41, 5.74) is 1.62. The van der Waals surface area contributed by atoms with E-state index >= 15 is 0 Å². The van der Waals surface area contributed by atoms with Crippen LogP contribution in [0.15, 0.2) is 30.3 Å². The SMILES string of the molecule is Cc1nn(-c2ccc(F)cc2)c2sc(C(=O)NCCCOCC3CC3)cc12. The van der Waals surface area contributed by atoms with Crippen molar-refractivity contribution in [2.45, 2.75) is 26.2 Å². The number of ether oxygens (including phenoxy) is 1. The van der Waals surface area contributed by atoms with E-state index in [1.54, 1.807) is 16.8 Å². The van der Waals surface area contributed by atoms with E-state index in [0.717, 1.165) is 40.5 Å². The molecule has 1 aliphatic carbocycles. The van der Waals surface area contributed by atoms with Crippen LogP contribution < -0.4 is 5.32 Å². The van der Waals surface area contributed by atoms with E-state index in [2.05, 4.69) is 10.4 Å². The molecular weight excluding hydrogens is 365 g/mol. The summed E-state index contributed by atoms with van der Waals surface area (Å²) in [5, 5.41) is 8.42. The molecule has 2 aromatic heterocycles. The Morgan fingerprint density at radius 2 is 2.15 bits per heavy atom. The first-order valence-electron chi connectivity index (χ1n) is 9.23. The summed E-state index contributed by atoms with van der Waals surface area (Å²) in [6.07, 6.45) is 3.39. The molecule has 1 aromatic carbocycles. The van der Waals surface area contributed by atoms with Crippen molar-refractivity contribution in [3.63, 3.8) is 0 Å². The molecule has 1 amide bonds. The van der Waals surface area contributed by atoms with Crippen molar-refractivity contribution in [1.82, 2.24) is 15.1 Å². The van der Waals surface area contributed by atoms with Crippen LogP contribution in [0.1, 0.15) is 34.6 Å². The molecular formula is C20H22FN3O2S. The molecule has 0 unspecified atom stereocenters. The van der Waals surface area contributed by atoms with Crippen molar-refractivity contribution < 1.29 is 13.9 Å². The van der Waals surface area contributed by atoms with Gasteiger partial charge in [0.05, 0.1) is 16.3 Å². The Labute approximate surface area is 161 Å². The minimum atomic E-state index is -0.286. The van der Waals surface area contributed by atoms with Crippen molar-refractivity contribution in [1.29, 1.82) is 0 Å². The van der Waals surface area contributed by atoms with Crippen molar-refractivity contribution in [3.8, 4) is 5.69 Å². The van der Waals surface area contributed by atoms with Gasteiger partial charge in [-0.3, -0.25) is 4.79 Å². The van der Waals surface area contributed by atoms with Gasteiger partial charge in [0.15, 0.2) is 0 Å². The molecule has 0 spiro atoms. The zero-order valence-electron chi connectivity index (χ0n) is 15.2. The van der Waals surface area contributed by atoms with Gasteiger partial charge in [0.25, 0.3) is 5.91 Å². The van der Waals surface area contributed by atoms with Gasteiger partial charge in [-0.15, -0.1) is 11.3 Å². The van der Waals surface area contributed by atoms with E-state index in [1.807, 2.05) is 13.0 Å². The predicted octanol–water partition coefficient (Wildman–Crippen LogP) is 4.08. The van der Waals surface area contributed by atoms with Crippen molar-refractivity contribution in [2.75, 3.05) is 19.8 Å². The van der Waals surface area contributed by atoms with Gasteiger partial charge >= 0.3 is 0 Å². The van der Waals surface area contributed by atoms with Gasteiger partial charge in [-0.2, -0.15) is 5.10 Å². The van der Waals surface area contributed by atoms with Crippen LogP contribution in [-0.4, -0.2) is 35.4 Å². The zero-order valence-corrected chi connectivity index (χ0v) is 16.0. The van der Waals surface area contributed by atoms with Gasteiger partial charge in [-0.05, 0) is 62.4 Å². The Kier molecular flexibility index (Phi) is 5.22. The molecule has 7 heteroatoms. The molecule has 3 aromatic rings. The second-order valence-electron chi connectivity index (χ2n) is 6.93. The van der Waals surface area contributed by atoms with Crippen LogP contribution >= 0.6 is 11.3 Å². The molecule has 0 aliphatic heterocycles. The molecule has 0 radical (unpaired) electrons. The fourth-order valence-electron chi connectivity index (χ4n) is 2.91. The fraction of sp³-hybridized carbons (Fsp3) is 0.400. The van der Waals surface area contributed by atoms with Crippen LogP contribution in [0.4, 0.5) is 4.39 Å². The van der Waals surface area contributed by atoms with Crippen LogP contribution in [-0.2, 0) is 4.74 Å². The second kappa shape index (κ2) is 7.78. The molecule has 0 atom stereocenters. The van der Waals surface area contributed by atoms with Gasteiger partial charge in [-0.1, -0.05) is 0 Å². The number of thiophene rings is 1. The van der Waals surface area contributed by atoms with E-state index in [0.29, 0.717) is 18.0 Å². The fourth-order valence-corrected chi connectivity index (χ4v) is 4.01. The maximum absolute atomic E-state index is 13.2. The lowest BCUT2D eigenvalue weighted by molar-refractivity contribution is 0.0941. The summed E-state index contributed by atoms with van der Waals surface area (Å²) in [5.74, 6) is 0.400. The number of fused-ring (bicyclic) bond motifs is 1. The number of rotatable bonds is 8. The first kappa shape index (κ1) is 18.1. The number of halogens is 1. The Hall–Kier alpha value is -2.25. The third kappa shape index (κ3) is 4.20. The highest BCUT2D eigenvalue weighted by Gasteiger charge is 2.21. The van der Waals surface area contributed by atoms with Gasteiger partial charge in [0.1, 0.15) is 10.6 Å². The number of hydrogen-bond donors (Lipinski definition) is 1. The quantitative estimate of drug-likeness (QED) is 0.593. The lowest BCUT2D eigenvalue weighted by Gasteiger charge is -2.05. The molecule has 1 N–H and O–H groups in total. The Balaban J connectivity index is 1.40. The number of aromatic nitrogens is 2. The van der Waals surface area contributed by atoms with Crippen LogP contribution in [0.2, 0.25) is 0 Å². The van der Waals surface area contributed by atoms with Crippen molar-refractivity contribution >= 4 is 27.5 Å². The third-order valence-electron chi connectivity index (χ3n) is 4.64. The summed E-state index contributed by atoms with van der Waals surface area (Å²) in [6.45, 7) is 4.04. The molecule has 27 heavy (non-hydrogen) atoms. The number of carbonyl (C=O) groups excluding carboxylic acids is 1. The van der Waals surface area contributed by atoms with E-state index in [1.165, 1.54) is 36.3 Å². The lowest BCUT2D eigenvalue weighted by atomic mass is 10.3. The Morgan fingerprint density at radius 1 is 1.37 bits per heavy atom. The number of amides is 1. The van der Waals surface area contributed by atoms with Crippen molar-refractivity contribution in [2.24, 2.45) is 5.92 Å². The molecule has 4 rings (SSSR count). The first-order chi connectivity index (χ1) is 13.1. The maximum Gasteiger partial charge on any atom is 0.261 e. The number of nitrogens with zero attached hydrogens (tertiary/aromatic N) is 2. The number of aryl methyl sites for hydroxylation is 1. The van der Waals surface area contributed by atoms with Gasteiger partial charge in [0.2, 0.25) is 0 Å². The Bertz CT molecular complexity index is 944. The van der Waals surface area contributed by atoms with E-state index < -0.39 is 0 Å². The molecule has 0 bridgehead atoms. The topological polar surface area (TPSA) is 56.2 Å². The molecule has 142 valence electrons. The monoisotopic (exact) mass is 387 g/mol. The van der Waals surface area contributed by atoms with Crippen LogP contribution in [0, 0.1) is 18.7 Å². The normalized spacial score (nSPS) is 14.0. The van der Waals surface area contributed by atoms with Gasteiger partial charge in [-0.25, -0.2) is 9.07 Å². The molecule has 1 saturated carbocycles. The third-order valence-corrected chi connectivity index (χ3v) is 5.75. The highest BCUT2D eigenvalue weighted by molar-refractivity contribution is 7.20. The molecule has 1 aliphatic rings. The summed E-state index contributed by atoms with van der Waals surface area (Å²) in [6, 6.07) is 8.06. The smallest absolute Gasteiger partial charge is 0.261 e. The van der Waals surface area contributed by atoms with Gasteiger partial charge in [0, 0.05) is 25.1 Å². The molecule has 5 nitrogen and oxygen atoms in total. The average Bonchev–Trinajstić information content (AvgIpc) is 3.29. The second-order valence-corrected chi connectivity index (χ2v) is 7.96. The molecule has 2 heterocycles. The largest absolute Gasteiger partial charge is 0.381 e. The summed E-state index contributed by atoms with van der Waals surface area (Å²) in [7, 11) is 0. The highest BCUT2D eigenvalue weighted by Crippen LogP contribution is 2.30. The Morgan fingerprint density at radius 3 is 2.89 bits per heavy atom. The lowest BCUT2D eigenvalue weighted by Crippen LogP contribution is -2.24. The van der Waals surface area contributed by atoms with E-state index in [4.69, 9.17) is 4.74 Å². The van der Waals surface area contributed by atoms with Crippen LogP contribution in [0.25, 0.3) is 15.9 Å². The summed E-state index contributed by atoms with van der Waals surface area (Å²) < 4.78 is 20.5. The zero-order chi connectivity index (χ0) is 18.8. The van der Waals surface area contributed by atoms with E-state index in [-0.39, 0.29) is 11.7 Å². The number of carbonyl (C=O) groups is 1. The standard InChI is InChI=1S/C20H22FN3O2S/c1-13-17-11-18(19(25)22-9-2-10-26-12-14-3-4-14)27-20(17)24(23-13)16-7-5-15(21)6-8-16/h5-8,11,14H,2-4,9-10,12H2,1H3,(H,22,25).